The third kappa shape index (κ3) is 3.12. The number of aromatic nitrogens is 1. The highest BCUT2D eigenvalue weighted by Crippen LogP contribution is 2.23. The van der Waals surface area contributed by atoms with E-state index in [1.54, 1.807) is 0 Å². The standard InChI is InChI=1S/C11H15N5O4/c12-10(15-17)7-4-9(16(18)19)11(13-5-7)14-6-8-2-1-3-20-8/h4-5,8,17H,1-3,6H2,(H2,12,15)(H,13,14)/t8-/m0/s1. The van der Waals surface area contributed by atoms with Crippen LogP contribution in [0.15, 0.2) is 17.4 Å². The van der Waals surface area contributed by atoms with Crippen LogP contribution in [0.3, 0.4) is 0 Å². The summed E-state index contributed by atoms with van der Waals surface area (Å²) in [5, 5.41) is 25.3. The summed E-state index contributed by atoms with van der Waals surface area (Å²) in [6.45, 7) is 1.17. The minimum Gasteiger partial charge on any atom is -0.409 e. The quantitative estimate of drug-likeness (QED) is 0.237. The number of amidine groups is 1. The molecule has 108 valence electrons. The van der Waals surface area contributed by atoms with Crippen LogP contribution in [0.5, 0.6) is 0 Å². The maximum atomic E-state index is 11.0. The predicted molar refractivity (Wildman–Crippen MR) is 70.9 cm³/mol. The lowest BCUT2D eigenvalue weighted by molar-refractivity contribution is -0.384. The Morgan fingerprint density at radius 3 is 3.15 bits per heavy atom. The van der Waals surface area contributed by atoms with Crippen molar-refractivity contribution in [3.63, 3.8) is 0 Å². The number of ether oxygens (including phenoxy) is 1. The summed E-state index contributed by atoms with van der Waals surface area (Å²) < 4.78 is 5.42. The Bertz CT molecular complexity index is 528. The van der Waals surface area contributed by atoms with Crippen LogP contribution in [0.25, 0.3) is 0 Å². The Balaban J connectivity index is 2.16. The van der Waals surface area contributed by atoms with Gasteiger partial charge in [0.15, 0.2) is 5.84 Å². The smallest absolute Gasteiger partial charge is 0.312 e. The molecule has 9 heteroatoms. The molecule has 1 aromatic rings. The second-order valence-electron chi connectivity index (χ2n) is 4.35. The van der Waals surface area contributed by atoms with Crippen molar-refractivity contribution in [2.45, 2.75) is 18.9 Å². The van der Waals surface area contributed by atoms with Crippen LogP contribution in [-0.4, -0.2) is 40.2 Å². The van der Waals surface area contributed by atoms with Gasteiger partial charge in [-0.2, -0.15) is 0 Å². The Hall–Kier alpha value is -2.42. The van der Waals surface area contributed by atoms with Gasteiger partial charge in [0.05, 0.1) is 11.0 Å². The van der Waals surface area contributed by atoms with Gasteiger partial charge in [-0.25, -0.2) is 4.98 Å². The van der Waals surface area contributed by atoms with Crippen LogP contribution < -0.4 is 11.1 Å². The molecule has 0 unspecified atom stereocenters. The SMILES string of the molecule is NC(=NO)c1cnc(NC[C@@H]2CCCO2)c([N+](=O)[O-])c1. The molecule has 0 aliphatic carbocycles. The number of oxime groups is 1. The number of nitro groups is 1. The molecule has 0 aromatic carbocycles. The van der Waals surface area contributed by atoms with Crippen molar-refractivity contribution in [1.29, 1.82) is 0 Å². The number of hydrogen-bond acceptors (Lipinski definition) is 7. The van der Waals surface area contributed by atoms with Gasteiger partial charge in [-0.3, -0.25) is 10.1 Å². The molecule has 4 N–H and O–H groups in total. The summed E-state index contributed by atoms with van der Waals surface area (Å²) in [6.07, 6.45) is 3.26. The highest BCUT2D eigenvalue weighted by atomic mass is 16.6. The molecule has 1 fully saturated rings. The average molecular weight is 281 g/mol. The highest BCUT2D eigenvalue weighted by Gasteiger charge is 2.20. The minimum atomic E-state index is -0.570. The van der Waals surface area contributed by atoms with Gasteiger partial charge in [0.2, 0.25) is 5.82 Å². The lowest BCUT2D eigenvalue weighted by atomic mass is 10.2. The summed E-state index contributed by atoms with van der Waals surface area (Å²) in [4.78, 5) is 14.4. The molecule has 2 rings (SSSR count). The van der Waals surface area contributed by atoms with Crippen LogP contribution in [0.1, 0.15) is 18.4 Å². The third-order valence-corrected chi connectivity index (χ3v) is 2.99. The van der Waals surface area contributed by atoms with E-state index in [1.165, 1.54) is 12.3 Å². The van der Waals surface area contributed by atoms with E-state index in [0.717, 1.165) is 12.8 Å². The van der Waals surface area contributed by atoms with E-state index in [4.69, 9.17) is 15.7 Å². The van der Waals surface area contributed by atoms with Crippen molar-refractivity contribution in [3.8, 4) is 0 Å². The van der Waals surface area contributed by atoms with E-state index in [2.05, 4.69) is 15.5 Å². The fourth-order valence-electron chi connectivity index (χ4n) is 1.94. The number of rotatable bonds is 5. The van der Waals surface area contributed by atoms with Crippen LogP contribution in [0, 0.1) is 10.1 Å². The van der Waals surface area contributed by atoms with E-state index in [9.17, 15) is 10.1 Å². The summed E-state index contributed by atoms with van der Waals surface area (Å²) in [7, 11) is 0. The second kappa shape index (κ2) is 6.15. The fraction of sp³-hybridized carbons (Fsp3) is 0.455. The van der Waals surface area contributed by atoms with Crippen molar-refractivity contribution in [3.05, 3.63) is 27.9 Å². The van der Waals surface area contributed by atoms with Gasteiger partial charge in [-0.05, 0) is 12.8 Å². The number of nitrogens with one attached hydrogen (secondary N) is 1. The van der Waals surface area contributed by atoms with Gasteiger partial charge >= 0.3 is 5.69 Å². The van der Waals surface area contributed by atoms with Crippen LogP contribution in [-0.2, 0) is 4.74 Å². The Kier molecular flexibility index (Phi) is 4.31. The van der Waals surface area contributed by atoms with Crippen molar-refractivity contribution in [2.24, 2.45) is 10.9 Å². The van der Waals surface area contributed by atoms with Crippen molar-refractivity contribution < 1.29 is 14.9 Å². The molecular weight excluding hydrogens is 266 g/mol. The van der Waals surface area contributed by atoms with Gasteiger partial charge in [0, 0.05) is 31.0 Å². The first-order valence-electron chi connectivity index (χ1n) is 6.09. The van der Waals surface area contributed by atoms with Crippen molar-refractivity contribution in [2.75, 3.05) is 18.5 Å². The average Bonchev–Trinajstić information content (AvgIpc) is 2.97. The molecule has 0 bridgehead atoms. The van der Waals surface area contributed by atoms with E-state index < -0.39 is 4.92 Å². The first kappa shape index (κ1) is 14.0. The molecule has 1 aliphatic heterocycles. The lowest BCUT2D eigenvalue weighted by Crippen LogP contribution is -2.20. The molecule has 1 aromatic heterocycles. The topological polar surface area (TPSA) is 136 Å². The number of nitrogens with zero attached hydrogens (tertiary/aromatic N) is 3. The molecule has 0 radical (unpaired) electrons. The van der Waals surface area contributed by atoms with Crippen LogP contribution in [0.4, 0.5) is 11.5 Å². The molecule has 9 nitrogen and oxygen atoms in total. The summed E-state index contributed by atoms with van der Waals surface area (Å²) >= 11 is 0. The normalized spacial score (nSPS) is 19.0. The molecular formula is C11H15N5O4. The zero-order chi connectivity index (χ0) is 14.5. The van der Waals surface area contributed by atoms with E-state index >= 15 is 0 Å². The zero-order valence-corrected chi connectivity index (χ0v) is 10.7. The summed E-state index contributed by atoms with van der Waals surface area (Å²) in [5.41, 5.74) is 5.34. The molecule has 1 saturated heterocycles. The maximum absolute atomic E-state index is 11.0. The predicted octanol–water partition coefficient (Wildman–Crippen LogP) is 0.675. The number of nitrogens with two attached hydrogens (primary N) is 1. The lowest BCUT2D eigenvalue weighted by Gasteiger charge is -2.11. The van der Waals surface area contributed by atoms with Crippen LogP contribution >= 0.6 is 0 Å². The number of anilines is 1. The van der Waals surface area contributed by atoms with Crippen LogP contribution in [0.2, 0.25) is 0 Å². The zero-order valence-electron chi connectivity index (χ0n) is 10.7. The van der Waals surface area contributed by atoms with Gasteiger partial charge in [0.1, 0.15) is 0 Å². The molecule has 0 amide bonds. The van der Waals surface area contributed by atoms with Gasteiger partial charge < -0.3 is 21.0 Å². The second-order valence-corrected chi connectivity index (χ2v) is 4.35. The van der Waals surface area contributed by atoms with Gasteiger partial charge in [-0.15, -0.1) is 0 Å². The summed E-state index contributed by atoms with van der Waals surface area (Å²) in [5.74, 6) is -0.0914. The Morgan fingerprint density at radius 2 is 2.55 bits per heavy atom. The molecule has 1 aliphatic rings. The Morgan fingerprint density at radius 1 is 1.75 bits per heavy atom. The molecule has 0 spiro atoms. The molecule has 1 atom stereocenters. The van der Waals surface area contributed by atoms with Gasteiger partial charge in [-0.1, -0.05) is 5.16 Å². The van der Waals surface area contributed by atoms with E-state index in [0.29, 0.717) is 13.2 Å². The maximum Gasteiger partial charge on any atom is 0.312 e. The first-order valence-corrected chi connectivity index (χ1v) is 6.09. The number of pyridine rings is 1. The first-order chi connectivity index (χ1) is 9.61. The fourth-order valence-corrected chi connectivity index (χ4v) is 1.94. The number of hydrogen-bond donors (Lipinski definition) is 3. The van der Waals surface area contributed by atoms with Crippen molar-refractivity contribution >= 4 is 17.3 Å². The molecule has 20 heavy (non-hydrogen) atoms. The van der Waals surface area contributed by atoms with E-state index in [-0.39, 0.29) is 29.0 Å². The van der Waals surface area contributed by atoms with Gasteiger partial charge in [0.25, 0.3) is 0 Å². The Labute approximate surface area is 114 Å². The minimum absolute atomic E-state index is 0.0418. The highest BCUT2D eigenvalue weighted by molar-refractivity contribution is 5.97. The monoisotopic (exact) mass is 281 g/mol. The molecule has 2 heterocycles. The molecule has 0 saturated carbocycles. The summed E-state index contributed by atoms with van der Waals surface area (Å²) in [6, 6.07) is 1.21. The third-order valence-electron chi connectivity index (χ3n) is 2.99. The largest absolute Gasteiger partial charge is 0.409 e. The van der Waals surface area contributed by atoms with E-state index in [1.807, 2.05) is 0 Å². The van der Waals surface area contributed by atoms with Crippen molar-refractivity contribution in [1.82, 2.24) is 4.98 Å².